The molecule has 2 aliphatic rings. The summed E-state index contributed by atoms with van der Waals surface area (Å²) in [6, 6.07) is -1.35. The molecule has 2 heterocycles. The Morgan fingerprint density at radius 2 is 1.84 bits per heavy atom. The number of alkyl carbamates (subject to hydrolysis) is 1. The van der Waals surface area contributed by atoms with Crippen LogP contribution in [-0.2, 0) is 47.6 Å². The van der Waals surface area contributed by atoms with Crippen LogP contribution in [0.3, 0.4) is 0 Å². The van der Waals surface area contributed by atoms with Gasteiger partial charge in [0.1, 0.15) is 17.7 Å². The molecule has 0 saturated carbocycles. The molecular weight excluding hydrogens is 430 g/mol. The topological polar surface area (TPSA) is 153 Å². The Morgan fingerprint density at radius 1 is 1.19 bits per heavy atom. The van der Waals surface area contributed by atoms with Crippen molar-refractivity contribution in [2.24, 2.45) is 0 Å². The van der Waals surface area contributed by atoms with Crippen LogP contribution in [0.25, 0.3) is 0 Å². The number of rotatable bonds is 6. The second kappa shape index (κ2) is 9.82. The zero-order valence-corrected chi connectivity index (χ0v) is 18.9. The number of nitrogens with one attached hydrogen (secondary N) is 1. The van der Waals surface area contributed by atoms with Crippen molar-refractivity contribution in [3.63, 3.8) is 0 Å². The molecule has 0 aromatic heterocycles. The Bertz CT molecular complexity index is 774. The van der Waals surface area contributed by atoms with Crippen molar-refractivity contribution in [1.29, 1.82) is 0 Å². The lowest BCUT2D eigenvalue weighted by Crippen LogP contribution is -2.52. The molecule has 0 spiro atoms. The predicted octanol–water partition coefficient (Wildman–Crippen LogP) is 0.0431. The van der Waals surface area contributed by atoms with Crippen LogP contribution in [0, 0.1) is 0 Å². The molecule has 32 heavy (non-hydrogen) atoms. The van der Waals surface area contributed by atoms with E-state index in [1.807, 2.05) is 0 Å². The minimum absolute atomic E-state index is 0.133. The molecule has 1 amide bonds. The first-order chi connectivity index (χ1) is 14.8. The van der Waals surface area contributed by atoms with E-state index in [9.17, 15) is 24.0 Å². The largest absolute Gasteiger partial charge is 0.467 e. The highest BCUT2D eigenvalue weighted by molar-refractivity contribution is 5.92. The zero-order chi connectivity index (χ0) is 24.3. The van der Waals surface area contributed by atoms with Crippen molar-refractivity contribution < 1.29 is 52.4 Å². The second-order valence-corrected chi connectivity index (χ2v) is 8.53. The summed E-state index contributed by atoms with van der Waals surface area (Å²) >= 11 is 0. The van der Waals surface area contributed by atoms with Crippen molar-refractivity contribution in [2.75, 3.05) is 20.8 Å². The summed E-state index contributed by atoms with van der Waals surface area (Å²) < 4.78 is 31.1. The third kappa shape index (κ3) is 5.94. The molecule has 5 atom stereocenters. The zero-order valence-electron chi connectivity index (χ0n) is 18.9. The first-order valence-corrected chi connectivity index (χ1v) is 9.98. The Balaban J connectivity index is 2.27. The molecule has 0 aromatic carbocycles. The van der Waals surface area contributed by atoms with Crippen molar-refractivity contribution in [3.8, 4) is 0 Å². The third-order valence-corrected chi connectivity index (χ3v) is 4.86. The van der Waals surface area contributed by atoms with Crippen molar-refractivity contribution >= 4 is 29.8 Å². The molecule has 180 valence electrons. The van der Waals surface area contributed by atoms with Crippen LogP contribution in [0.4, 0.5) is 4.79 Å². The highest BCUT2D eigenvalue weighted by atomic mass is 16.6. The normalized spacial score (nSPS) is 28.2. The Hall–Kier alpha value is -2.73. The number of ether oxygens (including phenoxy) is 6. The van der Waals surface area contributed by atoms with Crippen molar-refractivity contribution in [3.05, 3.63) is 0 Å². The number of fused-ring (bicyclic) bond motifs is 1. The van der Waals surface area contributed by atoms with Gasteiger partial charge in [-0.25, -0.2) is 14.4 Å². The van der Waals surface area contributed by atoms with Gasteiger partial charge in [0.15, 0.2) is 11.7 Å². The maximum atomic E-state index is 12.7. The minimum Gasteiger partial charge on any atom is -0.467 e. The van der Waals surface area contributed by atoms with Crippen LogP contribution >= 0.6 is 0 Å². The van der Waals surface area contributed by atoms with Gasteiger partial charge < -0.3 is 33.7 Å². The van der Waals surface area contributed by atoms with Gasteiger partial charge in [0.25, 0.3) is 0 Å². The molecule has 12 nitrogen and oxygen atoms in total. The molecule has 12 heteroatoms. The van der Waals surface area contributed by atoms with Crippen LogP contribution in [0.5, 0.6) is 0 Å². The SMILES string of the molecule is COC(=O)[C@H](C[C@]1(C(=O)OC)C[C@H]2OC[C@@H](OC(C)=O)C(=O)[C@H]2O1)NC(=O)OC(C)(C)C. The van der Waals surface area contributed by atoms with Gasteiger partial charge in [-0.15, -0.1) is 0 Å². The molecule has 0 aromatic rings. The number of ketones is 1. The van der Waals surface area contributed by atoms with Crippen LogP contribution < -0.4 is 5.32 Å². The highest BCUT2D eigenvalue weighted by Gasteiger charge is 2.59. The van der Waals surface area contributed by atoms with E-state index in [0.717, 1.165) is 21.1 Å². The summed E-state index contributed by atoms with van der Waals surface area (Å²) in [5.74, 6) is -2.97. The van der Waals surface area contributed by atoms with Crippen molar-refractivity contribution in [1.82, 2.24) is 5.32 Å². The van der Waals surface area contributed by atoms with E-state index < -0.39 is 71.8 Å². The predicted molar refractivity (Wildman–Crippen MR) is 104 cm³/mol. The molecule has 0 radical (unpaired) electrons. The van der Waals surface area contributed by atoms with Crippen LogP contribution in [0.1, 0.15) is 40.5 Å². The molecule has 2 fully saturated rings. The molecule has 2 saturated heterocycles. The van der Waals surface area contributed by atoms with E-state index in [2.05, 4.69) is 5.32 Å². The number of methoxy groups -OCH3 is 2. The van der Waals surface area contributed by atoms with Gasteiger partial charge in [0.05, 0.1) is 26.9 Å². The average Bonchev–Trinajstić information content (AvgIpc) is 3.07. The number of esters is 3. The lowest BCUT2D eigenvalue weighted by molar-refractivity contribution is -0.184. The summed E-state index contributed by atoms with van der Waals surface area (Å²) in [6.45, 7) is 5.88. The minimum atomic E-state index is -1.81. The summed E-state index contributed by atoms with van der Waals surface area (Å²) in [6.07, 6.45) is -4.70. The lowest BCUT2D eigenvalue weighted by Gasteiger charge is -2.30. The van der Waals surface area contributed by atoms with Crippen LogP contribution in [0.15, 0.2) is 0 Å². The maximum absolute atomic E-state index is 12.7. The van der Waals surface area contributed by atoms with Gasteiger partial charge in [-0.2, -0.15) is 0 Å². The first kappa shape index (κ1) is 25.5. The smallest absolute Gasteiger partial charge is 0.408 e. The summed E-state index contributed by atoms with van der Waals surface area (Å²) in [5.41, 5.74) is -2.64. The lowest BCUT2D eigenvalue weighted by atomic mass is 9.89. The number of carbonyl (C=O) groups excluding carboxylic acids is 5. The molecule has 2 rings (SSSR count). The van der Waals surface area contributed by atoms with Crippen LogP contribution in [-0.4, -0.2) is 86.2 Å². The summed E-state index contributed by atoms with van der Waals surface area (Å²) in [4.78, 5) is 61.3. The summed E-state index contributed by atoms with van der Waals surface area (Å²) in [7, 11) is 2.23. The van der Waals surface area contributed by atoms with Crippen molar-refractivity contribution in [2.45, 2.75) is 76.1 Å². The second-order valence-electron chi connectivity index (χ2n) is 8.53. The van der Waals surface area contributed by atoms with E-state index in [4.69, 9.17) is 28.4 Å². The Kier molecular flexibility index (Phi) is 7.83. The maximum Gasteiger partial charge on any atom is 0.408 e. The number of Topliss-reactive ketones (excluding diaryl/α,β-unsaturated/α-hetero) is 1. The first-order valence-electron chi connectivity index (χ1n) is 9.98. The van der Waals surface area contributed by atoms with E-state index in [-0.39, 0.29) is 13.0 Å². The fourth-order valence-corrected chi connectivity index (χ4v) is 3.60. The van der Waals surface area contributed by atoms with Crippen LogP contribution in [0.2, 0.25) is 0 Å². The monoisotopic (exact) mass is 459 g/mol. The van der Waals surface area contributed by atoms with Gasteiger partial charge in [0.2, 0.25) is 5.78 Å². The van der Waals surface area contributed by atoms with Gasteiger partial charge in [-0.05, 0) is 20.8 Å². The fourth-order valence-electron chi connectivity index (χ4n) is 3.60. The molecule has 0 unspecified atom stereocenters. The molecule has 2 aliphatic heterocycles. The van der Waals surface area contributed by atoms with Gasteiger partial charge >= 0.3 is 24.0 Å². The number of carbonyl (C=O) groups is 5. The van der Waals surface area contributed by atoms with E-state index >= 15 is 0 Å². The molecular formula is C20H29NO11. The van der Waals surface area contributed by atoms with E-state index in [0.29, 0.717) is 0 Å². The number of hydrogen-bond acceptors (Lipinski definition) is 11. The number of amides is 1. The van der Waals surface area contributed by atoms with Gasteiger partial charge in [-0.3, -0.25) is 9.59 Å². The molecule has 0 bridgehead atoms. The number of hydrogen-bond donors (Lipinski definition) is 1. The summed E-state index contributed by atoms with van der Waals surface area (Å²) in [5, 5.41) is 2.36. The quantitative estimate of drug-likeness (QED) is 0.423. The van der Waals surface area contributed by atoms with E-state index in [1.54, 1.807) is 20.8 Å². The van der Waals surface area contributed by atoms with Gasteiger partial charge in [-0.1, -0.05) is 0 Å². The van der Waals surface area contributed by atoms with E-state index in [1.165, 1.54) is 0 Å². The van der Waals surface area contributed by atoms with Gasteiger partial charge in [0, 0.05) is 19.8 Å². The highest BCUT2D eigenvalue weighted by Crippen LogP contribution is 2.40. The standard InChI is InChI=1S/C20H29NO11/c1-10(22)30-13-9-29-12-8-20(17(25)28-6,31-15(12)14(13)23)7-11(16(24)27-5)21-18(26)32-19(2,3)4/h11-13,15H,7-9H2,1-6H3,(H,21,26)/t11-,12+,13+,15-,20+/m0/s1. The fraction of sp³-hybridized carbons (Fsp3) is 0.750. The molecule has 1 N–H and O–H groups in total. The average molecular weight is 459 g/mol. The Labute approximate surface area is 185 Å². The Morgan fingerprint density at radius 3 is 2.38 bits per heavy atom. The molecule has 0 aliphatic carbocycles. The third-order valence-electron chi connectivity index (χ3n) is 4.86.